The van der Waals surface area contributed by atoms with E-state index in [1.807, 2.05) is 0 Å². The van der Waals surface area contributed by atoms with E-state index in [-0.39, 0.29) is 50.5 Å². The topological polar surface area (TPSA) is 518 Å². The van der Waals surface area contributed by atoms with Crippen LogP contribution >= 0.6 is 0 Å². The van der Waals surface area contributed by atoms with E-state index < -0.39 is 151 Å². The molecule has 0 spiro atoms. The molecule has 1 aromatic rings. The Kier molecular flexibility index (Phi) is 26.3. The van der Waals surface area contributed by atoms with E-state index >= 15 is 0 Å². The Morgan fingerprint density at radius 1 is 0.606 bits per heavy atom. The Balaban J connectivity index is 3.47. The number of amides is 11. The lowest BCUT2D eigenvalue weighted by Crippen LogP contribution is -2.61. The number of carbonyl (C=O) groups is 12. The summed E-state index contributed by atoms with van der Waals surface area (Å²) in [7, 11) is 0. The number of carboxylic acids is 1. The van der Waals surface area contributed by atoms with Gasteiger partial charge in [-0.2, -0.15) is 0 Å². The second kappa shape index (κ2) is 30.5. The quantitative estimate of drug-likeness (QED) is 0.0177. The molecule has 0 fully saturated rings. The highest BCUT2D eigenvalue weighted by Crippen LogP contribution is 2.10. The fraction of sp³-hybridized carbons (Fsp3) is 0.610. The Bertz CT molecular complexity index is 2080. The molecule has 0 radical (unpaired) electrons. The van der Waals surface area contributed by atoms with Gasteiger partial charge in [-0.3, -0.25) is 57.7 Å². The second-order valence-electron chi connectivity index (χ2n) is 17.1. The van der Waals surface area contributed by atoms with Crippen molar-refractivity contribution in [1.29, 1.82) is 0 Å². The summed E-state index contributed by atoms with van der Waals surface area (Å²) >= 11 is 0. The number of carboxylic acid groups (broad SMARTS) is 1. The molecule has 30 heteroatoms. The first-order valence-electron chi connectivity index (χ1n) is 22.4. The maximum absolute atomic E-state index is 14.0. The van der Waals surface area contributed by atoms with Gasteiger partial charge in [0.15, 0.2) is 5.96 Å². The zero-order chi connectivity index (χ0) is 54.1. The number of aliphatic imine (C=N–C) groups is 1. The molecule has 0 unspecified atom stereocenters. The summed E-state index contributed by atoms with van der Waals surface area (Å²) in [6.07, 6.45) is -0.139. The lowest BCUT2D eigenvalue weighted by molar-refractivity contribution is -0.143. The van der Waals surface area contributed by atoms with Crippen molar-refractivity contribution in [2.75, 3.05) is 13.1 Å². The van der Waals surface area contributed by atoms with Gasteiger partial charge in [-0.05, 0) is 44.4 Å². The van der Waals surface area contributed by atoms with Gasteiger partial charge in [-0.1, -0.05) is 27.7 Å². The Hall–Kier alpha value is -7.92. The zero-order valence-electron chi connectivity index (χ0n) is 40.2. The number of guanidine groups is 1. The number of hydrogen-bond donors (Lipinski definition) is 16. The fourth-order valence-corrected chi connectivity index (χ4v) is 6.46. The molecular formula is C41H69N17O13. The number of aliphatic carboxylic acids is 1. The van der Waals surface area contributed by atoms with Crippen LogP contribution in [0.25, 0.3) is 0 Å². The summed E-state index contributed by atoms with van der Waals surface area (Å²) in [6, 6.07) is -12.3. The van der Waals surface area contributed by atoms with E-state index in [9.17, 15) is 62.6 Å². The number of nitrogens with two attached hydrogens (primary N) is 6. The molecule has 0 saturated carbocycles. The zero-order valence-corrected chi connectivity index (χ0v) is 40.2. The predicted molar refractivity (Wildman–Crippen MR) is 250 cm³/mol. The van der Waals surface area contributed by atoms with E-state index in [1.165, 1.54) is 26.4 Å². The van der Waals surface area contributed by atoms with Crippen LogP contribution in [0.3, 0.4) is 0 Å². The number of aromatic nitrogens is 2. The smallest absolute Gasteiger partial charge is 0.326 e. The normalized spacial score (nSPS) is 14.3. The Labute approximate surface area is 408 Å². The summed E-state index contributed by atoms with van der Waals surface area (Å²) < 4.78 is 0. The number of H-pyrrole nitrogens is 1. The maximum atomic E-state index is 14.0. The SMILES string of the molecule is CC(C)C[C@H](NC(=O)CN)C(=O)N[C@@H](Cc1cnc[nH]1)C(=O)N[C@@H](CCCN=C(N)N)C(=O)N[C@@H](CC(N)=O)C(=O)N[C@@H](CC(N)=O)C(=O)N[C@@H](C)C(=O)N[C@@H](CCC(N)=O)C(=O)N[C@H](C(=O)O)C(C)C. The molecular weight excluding hydrogens is 939 g/mol. The molecule has 11 amide bonds. The summed E-state index contributed by atoms with van der Waals surface area (Å²) in [5.41, 5.74) is 32.7. The molecule has 0 aliphatic heterocycles. The molecule has 1 aromatic heterocycles. The summed E-state index contributed by atoms with van der Waals surface area (Å²) in [4.78, 5) is 166. The minimum absolute atomic E-state index is 0.0338. The fourth-order valence-electron chi connectivity index (χ4n) is 6.46. The van der Waals surface area contributed by atoms with Crippen LogP contribution in [0.4, 0.5) is 0 Å². The molecule has 8 atom stereocenters. The monoisotopic (exact) mass is 1010 g/mol. The largest absolute Gasteiger partial charge is 0.480 e. The van der Waals surface area contributed by atoms with Crippen LogP contribution in [0, 0.1) is 11.8 Å². The second-order valence-corrected chi connectivity index (χ2v) is 17.1. The lowest BCUT2D eigenvalue weighted by atomic mass is 10.0. The third kappa shape index (κ3) is 23.8. The molecule has 0 bridgehead atoms. The van der Waals surface area contributed by atoms with Crippen molar-refractivity contribution in [3.63, 3.8) is 0 Å². The Morgan fingerprint density at radius 3 is 1.56 bits per heavy atom. The highest BCUT2D eigenvalue weighted by molar-refractivity contribution is 6.00. The van der Waals surface area contributed by atoms with E-state index in [2.05, 4.69) is 57.5 Å². The molecule has 22 N–H and O–H groups in total. The van der Waals surface area contributed by atoms with Crippen LogP contribution in [0.2, 0.25) is 0 Å². The van der Waals surface area contributed by atoms with Gasteiger partial charge in [-0.25, -0.2) is 9.78 Å². The van der Waals surface area contributed by atoms with Crippen LogP contribution in [-0.2, 0) is 64.0 Å². The minimum Gasteiger partial charge on any atom is -0.480 e. The van der Waals surface area contributed by atoms with Gasteiger partial charge in [0.1, 0.15) is 48.3 Å². The van der Waals surface area contributed by atoms with E-state index in [4.69, 9.17) is 34.4 Å². The average molecular weight is 1010 g/mol. The van der Waals surface area contributed by atoms with Crippen molar-refractivity contribution in [2.24, 2.45) is 51.2 Å². The van der Waals surface area contributed by atoms with Crippen LogP contribution < -0.4 is 76.9 Å². The van der Waals surface area contributed by atoms with Crippen molar-refractivity contribution >= 4 is 76.9 Å². The number of carbonyl (C=O) groups excluding carboxylic acids is 11. The third-order valence-electron chi connectivity index (χ3n) is 10.1. The summed E-state index contributed by atoms with van der Waals surface area (Å²) in [6.45, 7) is 7.28. The number of nitrogens with zero attached hydrogens (tertiary/aromatic N) is 2. The maximum Gasteiger partial charge on any atom is 0.326 e. The molecule has 71 heavy (non-hydrogen) atoms. The number of aromatic amines is 1. The highest BCUT2D eigenvalue weighted by atomic mass is 16.4. The first-order chi connectivity index (χ1) is 33.1. The van der Waals surface area contributed by atoms with Gasteiger partial charge in [-0.15, -0.1) is 0 Å². The number of hydrogen-bond acceptors (Lipinski definition) is 15. The van der Waals surface area contributed by atoms with Crippen molar-refractivity contribution in [2.45, 2.75) is 134 Å². The predicted octanol–water partition coefficient (Wildman–Crippen LogP) is -7.33. The van der Waals surface area contributed by atoms with Crippen molar-refractivity contribution in [1.82, 2.24) is 52.5 Å². The van der Waals surface area contributed by atoms with E-state index in [1.54, 1.807) is 13.8 Å². The molecule has 0 aliphatic carbocycles. The molecule has 30 nitrogen and oxygen atoms in total. The van der Waals surface area contributed by atoms with Crippen LogP contribution in [0.5, 0.6) is 0 Å². The van der Waals surface area contributed by atoms with Crippen LogP contribution in [0.15, 0.2) is 17.5 Å². The summed E-state index contributed by atoms with van der Waals surface area (Å²) in [5, 5.41) is 28.4. The number of primary amides is 3. The van der Waals surface area contributed by atoms with Crippen LogP contribution in [-0.4, -0.2) is 153 Å². The molecule has 0 aromatic carbocycles. The van der Waals surface area contributed by atoms with Crippen LogP contribution in [0.1, 0.15) is 85.3 Å². The Morgan fingerprint density at radius 2 is 1.08 bits per heavy atom. The standard InChI is InChI=1S/C41H69N17O13/c1-18(2)11-24(52-31(62)15-42)37(67)55-25(12-21-16-48-17-50-21)38(68)54-22(7-6-10-49-41(46)47)34(64)56-27(14-30(45)61)39(69)57-26(13-29(44)60)36(66)51-20(5)33(63)53-23(8-9-28(43)59)35(65)58-32(19(3)4)40(70)71/h16-20,22-27,32H,6-15,42H2,1-5H3,(H2,43,59)(H2,44,60)(H2,45,61)(H,48,50)(H,51,66)(H,52,62)(H,53,63)(H,54,68)(H,55,67)(H,56,64)(H,57,69)(H,58,65)(H,70,71)(H4,46,47,49)/t20-,22-,23-,24-,25-,26-,27-,32-/m0/s1. The van der Waals surface area contributed by atoms with Gasteiger partial charge in [0.2, 0.25) is 65.0 Å². The first-order valence-corrected chi connectivity index (χ1v) is 22.4. The van der Waals surface area contributed by atoms with Gasteiger partial charge in [0, 0.05) is 31.3 Å². The summed E-state index contributed by atoms with van der Waals surface area (Å²) in [5.74, 6) is -13.4. The van der Waals surface area contributed by atoms with Gasteiger partial charge in [0.05, 0.1) is 25.7 Å². The van der Waals surface area contributed by atoms with Gasteiger partial charge in [0.25, 0.3) is 0 Å². The van der Waals surface area contributed by atoms with Gasteiger partial charge < -0.3 is 87.0 Å². The van der Waals surface area contributed by atoms with Crippen molar-refractivity contribution in [3.05, 3.63) is 18.2 Å². The van der Waals surface area contributed by atoms with E-state index in [0.29, 0.717) is 5.69 Å². The highest BCUT2D eigenvalue weighted by Gasteiger charge is 2.35. The molecule has 0 saturated heterocycles. The molecule has 1 rings (SSSR count). The van der Waals surface area contributed by atoms with Crippen molar-refractivity contribution < 1.29 is 62.6 Å². The number of rotatable bonds is 33. The van der Waals surface area contributed by atoms with Gasteiger partial charge >= 0.3 is 5.97 Å². The molecule has 396 valence electrons. The first kappa shape index (κ1) is 61.1. The number of nitrogens with one attached hydrogen (secondary N) is 9. The molecule has 0 aliphatic rings. The average Bonchev–Trinajstić information content (AvgIpc) is 3.78. The van der Waals surface area contributed by atoms with Crippen molar-refractivity contribution in [3.8, 4) is 0 Å². The van der Waals surface area contributed by atoms with E-state index in [0.717, 1.165) is 6.92 Å². The number of imidazole rings is 1. The minimum atomic E-state index is -1.89. The lowest BCUT2D eigenvalue weighted by Gasteiger charge is -2.27. The third-order valence-corrected chi connectivity index (χ3v) is 10.1. The molecule has 1 heterocycles.